The van der Waals surface area contributed by atoms with E-state index in [4.69, 9.17) is 0 Å². The molecule has 0 aromatic carbocycles. The van der Waals surface area contributed by atoms with Crippen LogP contribution >= 0.6 is 11.3 Å². The molecule has 0 spiro atoms. The van der Waals surface area contributed by atoms with Crippen LogP contribution in [0.5, 0.6) is 0 Å². The van der Waals surface area contributed by atoms with Crippen LogP contribution < -0.4 is 5.32 Å². The summed E-state index contributed by atoms with van der Waals surface area (Å²) in [7, 11) is 0. The molecule has 2 aliphatic rings. The third-order valence-electron chi connectivity index (χ3n) is 4.19. The minimum atomic E-state index is 0.477. The van der Waals surface area contributed by atoms with E-state index in [1.807, 2.05) is 11.3 Å². The van der Waals surface area contributed by atoms with Crippen LogP contribution in [0.25, 0.3) is 0 Å². The fraction of sp³-hybridized carbons (Fsp3) is 0.786. The number of nitrogens with zero attached hydrogens (tertiary/aromatic N) is 2. The number of hydrogen-bond donors (Lipinski definition) is 1. The predicted octanol–water partition coefficient (Wildman–Crippen LogP) is 2.59. The van der Waals surface area contributed by atoms with Crippen molar-refractivity contribution in [2.24, 2.45) is 5.92 Å². The van der Waals surface area contributed by atoms with Gasteiger partial charge in [0.05, 0.1) is 6.04 Å². The molecule has 1 aliphatic carbocycles. The summed E-state index contributed by atoms with van der Waals surface area (Å²) in [6.45, 7) is 7.99. The molecule has 1 saturated carbocycles. The zero-order valence-electron chi connectivity index (χ0n) is 11.4. The minimum absolute atomic E-state index is 0.477. The first kappa shape index (κ1) is 12.6. The molecule has 18 heavy (non-hydrogen) atoms. The summed E-state index contributed by atoms with van der Waals surface area (Å²) in [6.07, 6.45) is 4.12. The highest BCUT2D eigenvalue weighted by Gasteiger charge is 2.34. The lowest BCUT2D eigenvalue weighted by atomic mass is 10.1. The zero-order valence-corrected chi connectivity index (χ0v) is 12.2. The SMILES string of the molecule is Cc1csc(C(C)N2CCCNC(C3CC3)C2)n1. The van der Waals surface area contributed by atoms with E-state index in [1.54, 1.807) is 0 Å². The lowest BCUT2D eigenvalue weighted by Crippen LogP contribution is -2.40. The average Bonchev–Trinajstić information content (AvgIpc) is 3.14. The Balaban J connectivity index is 1.69. The largest absolute Gasteiger partial charge is 0.312 e. The first-order chi connectivity index (χ1) is 8.74. The normalized spacial score (nSPS) is 28.0. The van der Waals surface area contributed by atoms with Gasteiger partial charge in [0.2, 0.25) is 0 Å². The summed E-state index contributed by atoms with van der Waals surface area (Å²) < 4.78 is 0. The van der Waals surface area contributed by atoms with Crippen molar-refractivity contribution >= 4 is 11.3 Å². The molecule has 1 aromatic rings. The van der Waals surface area contributed by atoms with E-state index in [1.165, 1.54) is 43.9 Å². The topological polar surface area (TPSA) is 28.2 Å². The third-order valence-corrected chi connectivity index (χ3v) is 5.33. The van der Waals surface area contributed by atoms with Crippen LogP contribution in [0.15, 0.2) is 5.38 Å². The second-order valence-electron chi connectivity index (χ2n) is 5.75. The van der Waals surface area contributed by atoms with E-state index in [0.29, 0.717) is 6.04 Å². The summed E-state index contributed by atoms with van der Waals surface area (Å²) in [4.78, 5) is 7.28. The van der Waals surface area contributed by atoms with Crippen LogP contribution in [0, 0.1) is 12.8 Å². The van der Waals surface area contributed by atoms with Crippen molar-refractivity contribution in [1.29, 1.82) is 0 Å². The second kappa shape index (κ2) is 5.27. The van der Waals surface area contributed by atoms with Crippen molar-refractivity contribution in [2.45, 2.75) is 45.2 Å². The maximum Gasteiger partial charge on any atom is 0.110 e. The average molecular weight is 265 g/mol. The van der Waals surface area contributed by atoms with E-state index in [0.717, 1.165) is 17.7 Å². The van der Waals surface area contributed by atoms with Gasteiger partial charge in [0.1, 0.15) is 5.01 Å². The van der Waals surface area contributed by atoms with E-state index in [9.17, 15) is 0 Å². The molecule has 2 fully saturated rings. The van der Waals surface area contributed by atoms with Gasteiger partial charge in [-0.25, -0.2) is 4.98 Å². The van der Waals surface area contributed by atoms with E-state index in [2.05, 4.69) is 34.4 Å². The Morgan fingerprint density at radius 3 is 3.00 bits per heavy atom. The summed E-state index contributed by atoms with van der Waals surface area (Å²) in [5.41, 5.74) is 1.16. The maximum atomic E-state index is 4.66. The molecular formula is C14H23N3S. The molecule has 2 heterocycles. The summed E-state index contributed by atoms with van der Waals surface area (Å²) in [5.74, 6) is 0.941. The van der Waals surface area contributed by atoms with Gasteiger partial charge in [-0.1, -0.05) is 0 Å². The Hall–Kier alpha value is -0.450. The fourth-order valence-corrected chi connectivity index (χ4v) is 3.75. The Morgan fingerprint density at radius 1 is 1.50 bits per heavy atom. The van der Waals surface area contributed by atoms with Gasteiger partial charge in [-0.3, -0.25) is 4.90 Å². The quantitative estimate of drug-likeness (QED) is 0.910. The third kappa shape index (κ3) is 2.76. The Kier molecular flexibility index (Phi) is 3.68. The Bertz CT molecular complexity index is 399. The van der Waals surface area contributed by atoms with Gasteiger partial charge in [-0.05, 0) is 45.6 Å². The van der Waals surface area contributed by atoms with Gasteiger partial charge in [0.15, 0.2) is 0 Å². The molecule has 3 nitrogen and oxygen atoms in total. The van der Waals surface area contributed by atoms with E-state index >= 15 is 0 Å². The molecule has 0 radical (unpaired) electrons. The second-order valence-corrected chi connectivity index (χ2v) is 6.64. The molecule has 4 heteroatoms. The van der Waals surface area contributed by atoms with Crippen LogP contribution in [-0.2, 0) is 0 Å². The smallest absolute Gasteiger partial charge is 0.110 e. The zero-order chi connectivity index (χ0) is 12.5. The van der Waals surface area contributed by atoms with Crippen molar-refractivity contribution in [1.82, 2.24) is 15.2 Å². The van der Waals surface area contributed by atoms with Crippen molar-refractivity contribution < 1.29 is 0 Å². The van der Waals surface area contributed by atoms with Gasteiger partial charge in [-0.15, -0.1) is 11.3 Å². The maximum absolute atomic E-state index is 4.66. The van der Waals surface area contributed by atoms with Gasteiger partial charge in [0.25, 0.3) is 0 Å². The molecule has 0 amide bonds. The molecule has 0 bridgehead atoms. The van der Waals surface area contributed by atoms with Crippen LogP contribution in [0.4, 0.5) is 0 Å². The molecule has 2 unspecified atom stereocenters. The van der Waals surface area contributed by atoms with Crippen LogP contribution in [-0.4, -0.2) is 35.6 Å². The van der Waals surface area contributed by atoms with Crippen LogP contribution in [0.1, 0.15) is 42.9 Å². The Morgan fingerprint density at radius 2 is 2.33 bits per heavy atom. The molecule has 1 aromatic heterocycles. The molecule has 1 saturated heterocycles. The fourth-order valence-electron chi connectivity index (χ4n) is 2.86. The van der Waals surface area contributed by atoms with Gasteiger partial charge in [-0.2, -0.15) is 0 Å². The molecular weight excluding hydrogens is 242 g/mol. The lowest BCUT2D eigenvalue weighted by Gasteiger charge is -2.29. The van der Waals surface area contributed by atoms with Gasteiger partial charge >= 0.3 is 0 Å². The number of nitrogens with one attached hydrogen (secondary N) is 1. The highest BCUT2D eigenvalue weighted by Crippen LogP contribution is 2.35. The first-order valence-corrected chi connectivity index (χ1v) is 8.01. The van der Waals surface area contributed by atoms with Crippen molar-refractivity contribution in [2.75, 3.05) is 19.6 Å². The van der Waals surface area contributed by atoms with E-state index in [-0.39, 0.29) is 0 Å². The standard InChI is InChI=1S/C14H23N3S/c1-10-9-18-14(16-10)11(2)17-7-3-6-15-13(8-17)12-4-5-12/h9,11-13,15H,3-8H2,1-2H3. The number of hydrogen-bond acceptors (Lipinski definition) is 4. The van der Waals surface area contributed by atoms with E-state index < -0.39 is 0 Å². The van der Waals surface area contributed by atoms with Gasteiger partial charge < -0.3 is 5.32 Å². The van der Waals surface area contributed by atoms with Crippen molar-refractivity contribution in [3.8, 4) is 0 Å². The number of aryl methyl sites for hydroxylation is 1. The lowest BCUT2D eigenvalue weighted by molar-refractivity contribution is 0.200. The summed E-state index contributed by atoms with van der Waals surface area (Å²) in [5, 5.41) is 7.17. The minimum Gasteiger partial charge on any atom is -0.312 e. The number of thiazole rings is 1. The summed E-state index contributed by atoms with van der Waals surface area (Å²) >= 11 is 1.81. The van der Waals surface area contributed by atoms with Gasteiger partial charge in [0, 0.05) is 30.2 Å². The monoisotopic (exact) mass is 265 g/mol. The first-order valence-electron chi connectivity index (χ1n) is 7.13. The van der Waals surface area contributed by atoms with Crippen LogP contribution in [0.2, 0.25) is 0 Å². The molecule has 1 N–H and O–H groups in total. The molecule has 2 atom stereocenters. The van der Waals surface area contributed by atoms with Crippen LogP contribution in [0.3, 0.4) is 0 Å². The number of rotatable bonds is 3. The highest BCUT2D eigenvalue weighted by molar-refractivity contribution is 7.09. The summed E-state index contributed by atoms with van der Waals surface area (Å²) in [6, 6.07) is 1.20. The molecule has 100 valence electrons. The predicted molar refractivity (Wildman–Crippen MR) is 76.0 cm³/mol. The molecule has 1 aliphatic heterocycles. The number of aromatic nitrogens is 1. The Labute approximate surface area is 114 Å². The van der Waals surface area contributed by atoms with Crippen molar-refractivity contribution in [3.63, 3.8) is 0 Å². The molecule has 3 rings (SSSR count). The highest BCUT2D eigenvalue weighted by atomic mass is 32.1. The van der Waals surface area contributed by atoms with Crippen molar-refractivity contribution in [3.05, 3.63) is 16.1 Å².